The third kappa shape index (κ3) is 2.93. The molecule has 0 atom stereocenters. The van der Waals surface area contributed by atoms with Crippen LogP contribution in [-0.4, -0.2) is 14.8 Å². The Bertz CT molecular complexity index is 1070. The van der Waals surface area contributed by atoms with Crippen LogP contribution < -0.4 is 0 Å². The Labute approximate surface area is 147 Å². The highest BCUT2D eigenvalue weighted by Crippen LogP contribution is 2.37. The van der Waals surface area contributed by atoms with Crippen molar-refractivity contribution in [3.05, 3.63) is 52.8 Å². The van der Waals surface area contributed by atoms with Crippen LogP contribution in [0.15, 0.2) is 35.7 Å². The van der Waals surface area contributed by atoms with Crippen molar-refractivity contribution in [1.29, 1.82) is 0 Å². The number of alkyl halides is 3. The minimum Gasteiger partial charge on any atom is -0.234 e. The standard InChI is InChI=1S/C16H9F4N3S2/c1-8-4-14(24-7-8)23-13(16(18,19)20)6-11(22-23)15-21-10-3-2-9(17)5-12(10)25-15/h2-7H,1H3. The average molecular weight is 383 g/mol. The van der Waals surface area contributed by atoms with E-state index in [-0.39, 0.29) is 5.69 Å². The maximum atomic E-state index is 13.4. The minimum absolute atomic E-state index is 0.111. The van der Waals surface area contributed by atoms with Gasteiger partial charge in [-0.2, -0.15) is 18.3 Å². The van der Waals surface area contributed by atoms with Crippen LogP contribution in [0.4, 0.5) is 17.6 Å². The first kappa shape index (κ1) is 16.2. The van der Waals surface area contributed by atoms with Gasteiger partial charge in [0.25, 0.3) is 0 Å². The number of thiophene rings is 1. The number of thiazole rings is 1. The van der Waals surface area contributed by atoms with Crippen molar-refractivity contribution in [2.24, 2.45) is 0 Å². The topological polar surface area (TPSA) is 30.7 Å². The predicted molar refractivity (Wildman–Crippen MR) is 89.8 cm³/mol. The summed E-state index contributed by atoms with van der Waals surface area (Å²) < 4.78 is 55.0. The molecule has 25 heavy (non-hydrogen) atoms. The van der Waals surface area contributed by atoms with E-state index in [0.717, 1.165) is 27.6 Å². The van der Waals surface area contributed by atoms with Crippen molar-refractivity contribution in [3.8, 4) is 15.7 Å². The van der Waals surface area contributed by atoms with Gasteiger partial charge in [-0.25, -0.2) is 14.1 Å². The van der Waals surface area contributed by atoms with Crippen LogP contribution in [0.25, 0.3) is 25.9 Å². The van der Waals surface area contributed by atoms with Gasteiger partial charge in [-0.15, -0.1) is 22.7 Å². The fourth-order valence-corrected chi connectivity index (χ4v) is 4.20. The van der Waals surface area contributed by atoms with Crippen molar-refractivity contribution >= 4 is 32.9 Å². The van der Waals surface area contributed by atoms with Gasteiger partial charge in [0, 0.05) is 0 Å². The van der Waals surface area contributed by atoms with Crippen molar-refractivity contribution < 1.29 is 17.6 Å². The van der Waals surface area contributed by atoms with E-state index in [1.807, 2.05) is 0 Å². The molecule has 0 N–H and O–H groups in total. The zero-order chi connectivity index (χ0) is 17.8. The molecule has 0 aliphatic carbocycles. The van der Waals surface area contributed by atoms with Crippen LogP contribution in [0.2, 0.25) is 0 Å². The van der Waals surface area contributed by atoms with E-state index in [2.05, 4.69) is 10.1 Å². The lowest BCUT2D eigenvalue weighted by Crippen LogP contribution is -2.12. The van der Waals surface area contributed by atoms with Gasteiger partial charge >= 0.3 is 6.18 Å². The first-order chi connectivity index (χ1) is 11.8. The second kappa shape index (κ2) is 5.63. The lowest BCUT2D eigenvalue weighted by Gasteiger charge is -2.07. The van der Waals surface area contributed by atoms with Gasteiger partial charge < -0.3 is 0 Å². The number of halogens is 4. The molecular formula is C16H9F4N3S2. The number of fused-ring (bicyclic) bond motifs is 1. The molecule has 128 valence electrons. The molecule has 4 rings (SSSR count). The van der Waals surface area contributed by atoms with Gasteiger partial charge in [0.15, 0.2) is 0 Å². The second-order valence-corrected chi connectivity index (χ2v) is 7.34. The highest BCUT2D eigenvalue weighted by Gasteiger charge is 2.37. The van der Waals surface area contributed by atoms with Gasteiger partial charge in [-0.3, -0.25) is 0 Å². The summed E-state index contributed by atoms with van der Waals surface area (Å²) in [5, 5.41) is 6.57. The minimum atomic E-state index is -4.55. The highest BCUT2D eigenvalue weighted by molar-refractivity contribution is 7.21. The summed E-state index contributed by atoms with van der Waals surface area (Å²) in [4.78, 5) is 4.27. The number of hydrogen-bond donors (Lipinski definition) is 0. The molecule has 0 bridgehead atoms. The van der Waals surface area contributed by atoms with Crippen molar-refractivity contribution in [1.82, 2.24) is 14.8 Å². The number of aromatic nitrogens is 3. The number of rotatable bonds is 2. The summed E-state index contributed by atoms with van der Waals surface area (Å²) in [5.74, 6) is -0.418. The van der Waals surface area contributed by atoms with E-state index in [1.165, 1.54) is 29.5 Å². The van der Waals surface area contributed by atoms with Crippen LogP contribution >= 0.6 is 22.7 Å². The number of benzene rings is 1. The van der Waals surface area contributed by atoms with E-state index in [4.69, 9.17) is 0 Å². The zero-order valence-corrected chi connectivity index (χ0v) is 14.3. The molecule has 9 heteroatoms. The monoisotopic (exact) mass is 383 g/mol. The maximum absolute atomic E-state index is 13.4. The van der Waals surface area contributed by atoms with E-state index < -0.39 is 17.7 Å². The molecule has 0 spiro atoms. The number of hydrogen-bond acceptors (Lipinski definition) is 4. The Morgan fingerprint density at radius 2 is 1.92 bits per heavy atom. The molecule has 0 unspecified atom stereocenters. The lowest BCUT2D eigenvalue weighted by atomic mass is 10.3. The number of aryl methyl sites for hydroxylation is 1. The molecule has 0 fully saturated rings. The van der Waals surface area contributed by atoms with Crippen LogP contribution in [0, 0.1) is 12.7 Å². The van der Waals surface area contributed by atoms with Gasteiger partial charge in [-0.1, -0.05) is 0 Å². The lowest BCUT2D eigenvalue weighted by molar-refractivity contribution is -0.142. The molecule has 1 aromatic carbocycles. The number of nitrogens with zero attached hydrogens (tertiary/aromatic N) is 3. The largest absolute Gasteiger partial charge is 0.433 e. The summed E-state index contributed by atoms with van der Waals surface area (Å²) in [5.41, 5.74) is 0.631. The summed E-state index contributed by atoms with van der Waals surface area (Å²) in [6.45, 7) is 1.81. The van der Waals surface area contributed by atoms with Crippen LogP contribution in [0.5, 0.6) is 0 Å². The SMILES string of the molecule is Cc1csc(-n2nc(-c3nc4ccc(F)cc4s3)cc2C(F)(F)F)c1. The second-order valence-electron chi connectivity index (χ2n) is 5.42. The molecule has 4 aromatic rings. The van der Waals surface area contributed by atoms with Crippen LogP contribution in [-0.2, 0) is 6.18 Å². The smallest absolute Gasteiger partial charge is 0.234 e. The third-order valence-electron chi connectivity index (χ3n) is 3.49. The van der Waals surface area contributed by atoms with Crippen LogP contribution in [0.1, 0.15) is 11.3 Å². The molecule has 0 aliphatic heterocycles. The fraction of sp³-hybridized carbons (Fsp3) is 0.125. The Kier molecular flexibility index (Phi) is 3.66. The first-order valence-corrected chi connectivity index (χ1v) is 8.80. The van der Waals surface area contributed by atoms with Gasteiger partial charge in [-0.05, 0) is 48.2 Å². The van der Waals surface area contributed by atoms with E-state index >= 15 is 0 Å². The molecule has 3 nitrogen and oxygen atoms in total. The predicted octanol–water partition coefficient (Wildman–Crippen LogP) is 5.68. The van der Waals surface area contributed by atoms with Gasteiger partial charge in [0.2, 0.25) is 0 Å². The van der Waals surface area contributed by atoms with E-state index in [9.17, 15) is 17.6 Å². The van der Waals surface area contributed by atoms with Crippen molar-refractivity contribution in [3.63, 3.8) is 0 Å². The van der Waals surface area contributed by atoms with Gasteiger partial charge in [0.05, 0.1) is 10.2 Å². The average Bonchev–Trinajstić information content (AvgIpc) is 3.21. The maximum Gasteiger partial charge on any atom is 0.433 e. The summed E-state index contributed by atoms with van der Waals surface area (Å²) in [7, 11) is 0. The molecule has 0 amide bonds. The van der Waals surface area contributed by atoms with Gasteiger partial charge in [0.1, 0.15) is 27.2 Å². The fourth-order valence-electron chi connectivity index (χ4n) is 2.39. The van der Waals surface area contributed by atoms with Crippen molar-refractivity contribution in [2.45, 2.75) is 13.1 Å². The summed E-state index contributed by atoms with van der Waals surface area (Å²) in [6.07, 6.45) is -4.55. The van der Waals surface area contributed by atoms with E-state index in [1.54, 1.807) is 18.4 Å². The molecule has 0 saturated carbocycles. The van der Waals surface area contributed by atoms with E-state index in [0.29, 0.717) is 20.2 Å². The van der Waals surface area contributed by atoms with Crippen LogP contribution in [0.3, 0.4) is 0 Å². The molecule has 0 radical (unpaired) electrons. The Balaban J connectivity index is 1.88. The highest BCUT2D eigenvalue weighted by atomic mass is 32.1. The zero-order valence-electron chi connectivity index (χ0n) is 12.6. The molecule has 3 heterocycles. The molecular weight excluding hydrogens is 374 g/mol. The Hall–Kier alpha value is -2.26. The quantitative estimate of drug-likeness (QED) is 0.417. The normalized spacial score (nSPS) is 12.2. The third-order valence-corrected chi connectivity index (χ3v) is 5.56. The molecule has 0 saturated heterocycles. The summed E-state index contributed by atoms with van der Waals surface area (Å²) in [6, 6.07) is 6.68. The Morgan fingerprint density at radius 1 is 1.12 bits per heavy atom. The Morgan fingerprint density at radius 3 is 2.60 bits per heavy atom. The van der Waals surface area contributed by atoms with Crippen molar-refractivity contribution in [2.75, 3.05) is 0 Å². The molecule has 0 aliphatic rings. The summed E-state index contributed by atoms with van der Waals surface area (Å²) >= 11 is 2.29. The first-order valence-electron chi connectivity index (χ1n) is 7.10. The molecule has 3 aromatic heterocycles.